The minimum absolute atomic E-state index is 0.654. The van der Waals surface area contributed by atoms with Crippen molar-refractivity contribution in [2.24, 2.45) is 0 Å². The van der Waals surface area contributed by atoms with Gasteiger partial charge in [-0.2, -0.15) is 0 Å². The quantitative estimate of drug-likeness (QED) is 0.761. The molecule has 2 rings (SSSR count). The highest BCUT2D eigenvalue weighted by Gasteiger charge is 2.04. The largest absolute Gasteiger partial charge is 0.456 e. The Labute approximate surface area is 102 Å². The minimum Gasteiger partial charge on any atom is -0.456 e. The number of rotatable bonds is 3. The van der Waals surface area contributed by atoms with Crippen molar-refractivity contribution in [3.8, 4) is 11.5 Å². The Morgan fingerprint density at radius 2 is 2.19 bits per heavy atom. The molecule has 0 N–H and O–H groups in total. The highest BCUT2D eigenvalue weighted by Crippen LogP contribution is 2.29. The lowest BCUT2D eigenvalue weighted by Gasteiger charge is -2.06. The van der Waals surface area contributed by atoms with Gasteiger partial charge in [0, 0.05) is 16.5 Å². The molecule has 0 aliphatic carbocycles. The zero-order valence-electron chi connectivity index (χ0n) is 8.57. The Bertz CT molecular complexity index is 519. The van der Waals surface area contributed by atoms with Crippen LogP contribution in [0.5, 0.6) is 11.5 Å². The van der Waals surface area contributed by atoms with Crippen molar-refractivity contribution in [2.45, 2.75) is 6.92 Å². The van der Waals surface area contributed by atoms with E-state index in [9.17, 15) is 4.79 Å². The number of carbonyl (C=O) groups is 1. The van der Waals surface area contributed by atoms with Crippen LogP contribution in [0.25, 0.3) is 0 Å². The molecule has 0 radical (unpaired) electrons. The molecule has 0 saturated heterocycles. The summed E-state index contributed by atoms with van der Waals surface area (Å²) in [6.07, 6.45) is 0.812. The number of hydrogen-bond acceptors (Lipinski definition) is 3. The zero-order chi connectivity index (χ0) is 11.5. The van der Waals surface area contributed by atoms with Gasteiger partial charge in [-0.05, 0) is 30.7 Å². The number of ether oxygens (including phenoxy) is 1. The molecule has 2 nitrogen and oxygen atoms in total. The van der Waals surface area contributed by atoms with Crippen LogP contribution in [0, 0.1) is 6.92 Å². The van der Waals surface area contributed by atoms with Gasteiger partial charge in [-0.25, -0.2) is 0 Å². The van der Waals surface area contributed by atoms with E-state index in [0.717, 1.165) is 17.6 Å². The first-order chi connectivity index (χ1) is 7.69. The van der Waals surface area contributed by atoms with Crippen LogP contribution >= 0.6 is 22.9 Å². The maximum atomic E-state index is 10.5. The molecular formula is C12H9ClO2S. The van der Waals surface area contributed by atoms with Crippen LogP contribution in [-0.4, -0.2) is 6.29 Å². The molecule has 0 unspecified atom stereocenters. The molecule has 16 heavy (non-hydrogen) atoms. The van der Waals surface area contributed by atoms with Crippen LogP contribution in [0.4, 0.5) is 0 Å². The fourth-order valence-corrected chi connectivity index (χ4v) is 2.14. The maximum Gasteiger partial charge on any atom is 0.160 e. The monoisotopic (exact) mass is 252 g/mol. The Hall–Kier alpha value is -1.32. The third-order valence-electron chi connectivity index (χ3n) is 2.08. The number of carbonyl (C=O) groups excluding carboxylic acids is 1. The number of aldehydes is 1. The topological polar surface area (TPSA) is 26.3 Å². The normalized spacial score (nSPS) is 10.1. The van der Waals surface area contributed by atoms with E-state index in [2.05, 4.69) is 0 Å². The summed E-state index contributed by atoms with van der Waals surface area (Å²) in [5.41, 5.74) is 0.964. The number of benzene rings is 1. The summed E-state index contributed by atoms with van der Waals surface area (Å²) in [5.74, 6) is 1.43. The van der Waals surface area contributed by atoms with Gasteiger partial charge in [0.1, 0.15) is 11.5 Å². The van der Waals surface area contributed by atoms with E-state index in [1.54, 1.807) is 17.5 Å². The standard InChI is InChI=1S/C12H9ClO2S/c1-8-4-9(13)2-3-12(8)15-10-5-11(6-14)16-7-10/h2-7H,1H3. The highest BCUT2D eigenvalue weighted by molar-refractivity contribution is 7.11. The molecule has 0 fully saturated rings. The van der Waals surface area contributed by atoms with E-state index >= 15 is 0 Å². The Morgan fingerprint density at radius 3 is 2.81 bits per heavy atom. The average molecular weight is 253 g/mol. The summed E-state index contributed by atoms with van der Waals surface area (Å²) in [6.45, 7) is 1.92. The predicted molar refractivity (Wildman–Crippen MR) is 66.0 cm³/mol. The molecule has 0 bridgehead atoms. The molecule has 0 amide bonds. The van der Waals surface area contributed by atoms with Gasteiger partial charge in [-0.3, -0.25) is 4.79 Å². The molecule has 4 heteroatoms. The fraction of sp³-hybridized carbons (Fsp3) is 0.0833. The minimum atomic E-state index is 0.654. The number of hydrogen-bond donors (Lipinski definition) is 0. The highest BCUT2D eigenvalue weighted by atomic mass is 35.5. The van der Waals surface area contributed by atoms with Gasteiger partial charge in [0.2, 0.25) is 0 Å². The van der Waals surface area contributed by atoms with Crippen LogP contribution in [0.3, 0.4) is 0 Å². The van der Waals surface area contributed by atoms with Crippen LogP contribution < -0.4 is 4.74 Å². The van der Waals surface area contributed by atoms with Crippen molar-refractivity contribution in [3.05, 3.63) is 45.1 Å². The van der Waals surface area contributed by atoms with Gasteiger partial charge in [0.25, 0.3) is 0 Å². The molecule has 0 saturated carbocycles. The van der Waals surface area contributed by atoms with Crippen LogP contribution in [-0.2, 0) is 0 Å². The second-order valence-electron chi connectivity index (χ2n) is 3.31. The van der Waals surface area contributed by atoms with E-state index in [1.165, 1.54) is 11.3 Å². The molecule has 0 spiro atoms. The third kappa shape index (κ3) is 2.43. The molecule has 1 aromatic heterocycles. The predicted octanol–water partition coefficient (Wildman–Crippen LogP) is 4.31. The van der Waals surface area contributed by atoms with Gasteiger partial charge < -0.3 is 4.74 Å². The Morgan fingerprint density at radius 1 is 1.38 bits per heavy atom. The van der Waals surface area contributed by atoms with E-state index in [-0.39, 0.29) is 0 Å². The van der Waals surface area contributed by atoms with Crippen LogP contribution in [0.1, 0.15) is 15.2 Å². The molecular weight excluding hydrogens is 244 g/mol. The second kappa shape index (κ2) is 4.68. The van der Waals surface area contributed by atoms with E-state index < -0.39 is 0 Å². The van der Waals surface area contributed by atoms with Crippen molar-refractivity contribution < 1.29 is 9.53 Å². The third-order valence-corrected chi connectivity index (χ3v) is 3.15. The summed E-state index contributed by atoms with van der Waals surface area (Å²) < 4.78 is 5.64. The molecule has 0 aliphatic heterocycles. The van der Waals surface area contributed by atoms with Gasteiger partial charge in [0.15, 0.2) is 6.29 Å². The second-order valence-corrected chi connectivity index (χ2v) is 4.69. The maximum absolute atomic E-state index is 10.5. The molecule has 1 heterocycles. The summed E-state index contributed by atoms with van der Waals surface area (Å²) in [4.78, 5) is 11.2. The number of halogens is 1. The van der Waals surface area contributed by atoms with Crippen molar-refractivity contribution in [1.29, 1.82) is 0 Å². The van der Waals surface area contributed by atoms with Gasteiger partial charge >= 0.3 is 0 Å². The van der Waals surface area contributed by atoms with Crippen LogP contribution in [0.15, 0.2) is 29.6 Å². The first kappa shape index (κ1) is 11.2. The summed E-state index contributed by atoms with van der Waals surface area (Å²) in [7, 11) is 0. The molecule has 0 aliphatic rings. The Kier molecular flexibility index (Phi) is 3.27. The van der Waals surface area contributed by atoms with Gasteiger partial charge in [-0.15, -0.1) is 11.3 Å². The van der Waals surface area contributed by atoms with Crippen molar-refractivity contribution in [3.63, 3.8) is 0 Å². The lowest BCUT2D eigenvalue weighted by Crippen LogP contribution is -1.85. The van der Waals surface area contributed by atoms with E-state index in [0.29, 0.717) is 15.6 Å². The number of aryl methyl sites for hydroxylation is 1. The van der Waals surface area contributed by atoms with Gasteiger partial charge in [0.05, 0.1) is 4.88 Å². The molecule has 2 aromatic rings. The average Bonchev–Trinajstić information content (AvgIpc) is 2.70. The number of thiophene rings is 1. The SMILES string of the molecule is Cc1cc(Cl)ccc1Oc1csc(C=O)c1. The van der Waals surface area contributed by atoms with Crippen molar-refractivity contribution in [2.75, 3.05) is 0 Å². The molecule has 1 aromatic carbocycles. The van der Waals surface area contributed by atoms with Gasteiger partial charge in [-0.1, -0.05) is 11.6 Å². The summed E-state index contributed by atoms with van der Waals surface area (Å²) >= 11 is 7.21. The summed E-state index contributed by atoms with van der Waals surface area (Å²) in [5, 5.41) is 2.49. The first-order valence-electron chi connectivity index (χ1n) is 4.67. The van der Waals surface area contributed by atoms with E-state index in [1.807, 2.05) is 19.1 Å². The molecule has 0 atom stereocenters. The molecule has 82 valence electrons. The smallest absolute Gasteiger partial charge is 0.160 e. The van der Waals surface area contributed by atoms with E-state index in [4.69, 9.17) is 16.3 Å². The van der Waals surface area contributed by atoms with Crippen molar-refractivity contribution >= 4 is 29.2 Å². The zero-order valence-corrected chi connectivity index (χ0v) is 10.1. The summed E-state index contributed by atoms with van der Waals surface area (Å²) in [6, 6.07) is 7.14. The first-order valence-corrected chi connectivity index (χ1v) is 5.92. The lowest BCUT2D eigenvalue weighted by molar-refractivity contribution is 0.112. The lowest BCUT2D eigenvalue weighted by atomic mass is 10.2. The fourth-order valence-electron chi connectivity index (χ4n) is 1.30. The Balaban J connectivity index is 2.23. The van der Waals surface area contributed by atoms with Crippen LogP contribution in [0.2, 0.25) is 5.02 Å². The van der Waals surface area contributed by atoms with Crippen molar-refractivity contribution in [1.82, 2.24) is 0 Å².